The molecule has 0 saturated carbocycles. The summed E-state index contributed by atoms with van der Waals surface area (Å²) in [5.74, 6) is 0. The van der Waals surface area contributed by atoms with Crippen LogP contribution < -0.4 is 0 Å². The first-order valence-corrected chi connectivity index (χ1v) is 10.6. The van der Waals surface area contributed by atoms with E-state index in [0.717, 1.165) is 10.0 Å². The van der Waals surface area contributed by atoms with Crippen LogP contribution >= 0.6 is 47.8 Å². The number of alkyl halides is 1. The monoisotopic (exact) mass is 503 g/mol. The Bertz CT molecular complexity index is 636. The van der Waals surface area contributed by atoms with Gasteiger partial charge in [-0.25, -0.2) is 8.42 Å². The van der Waals surface area contributed by atoms with Crippen molar-refractivity contribution in [2.24, 2.45) is 0 Å². The van der Waals surface area contributed by atoms with Crippen LogP contribution in [-0.4, -0.2) is 43.4 Å². The molecule has 118 valence electrons. The maximum Gasteiger partial charge on any atom is 0.244 e. The van der Waals surface area contributed by atoms with Crippen LogP contribution in [0.4, 0.5) is 0 Å². The first-order chi connectivity index (χ1) is 9.75. The molecule has 2 unspecified atom stereocenters. The summed E-state index contributed by atoms with van der Waals surface area (Å²) in [5.41, 5.74) is 0.981. The fourth-order valence-corrected chi connectivity index (χ4v) is 5.79. The van der Waals surface area contributed by atoms with E-state index >= 15 is 0 Å². The lowest BCUT2D eigenvalue weighted by molar-refractivity contribution is -0.0411. The predicted octanol–water partition coefficient (Wildman–Crippen LogP) is 3.69. The highest BCUT2D eigenvalue weighted by Crippen LogP contribution is 2.32. The fraction of sp³-hybridized carbons (Fsp3) is 0.538. The first kappa shape index (κ1) is 17.9. The molecule has 2 atom stereocenters. The van der Waals surface area contributed by atoms with E-state index < -0.39 is 10.0 Å². The molecule has 1 fully saturated rings. The van der Waals surface area contributed by atoms with E-state index in [9.17, 15) is 8.42 Å². The summed E-state index contributed by atoms with van der Waals surface area (Å²) < 4.78 is 34.3. The first-order valence-electron chi connectivity index (χ1n) is 6.43. The van der Waals surface area contributed by atoms with Crippen molar-refractivity contribution in [3.8, 4) is 0 Å². The molecule has 1 aliphatic rings. The Morgan fingerprint density at radius 3 is 2.57 bits per heavy atom. The largest absolute Gasteiger partial charge is 0.372 e. The number of halogens is 3. The molecule has 0 bridgehead atoms. The quantitative estimate of drug-likeness (QED) is 0.589. The van der Waals surface area contributed by atoms with Crippen molar-refractivity contribution in [3.63, 3.8) is 0 Å². The molecule has 0 aromatic heterocycles. The average Bonchev–Trinajstić information content (AvgIpc) is 2.41. The summed E-state index contributed by atoms with van der Waals surface area (Å²) in [5, 5.41) is 0.613. The molecule has 1 saturated heterocycles. The third kappa shape index (κ3) is 3.90. The molecule has 0 aliphatic carbocycles. The second-order valence-corrected chi connectivity index (χ2v) is 9.34. The molecular weight excluding hydrogens is 490 g/mol. The fourth-order valence-electron chi connectivity index (χ4n) is 2.25. The Labute approximate surface area is 150 Å². The van der Waals surface area contributed by atoms with E-state index in [1.165, 1.54) is 4.31 Å². The number of sulfonamides is 1. The molecule has 0 spiro atoms. The molecule has 0 amide bonds. The number of nitrogens with zero attached hydrogens (tertiary/aromatic N) is 1. The van der Waals surface area contributed by atoms with Crippen molar-refractivity contribution in [1.82, 2.24) is 4.31 Å². The zero-order valence-electron chi connectivity index (χ0n) is 11.6. The van der Waals surface area contributed by atoms with Crippen LogP contribution in [0.5, 0.6) is 0 Å². The number of aryl methyl sites for hydroxylation is 1. The lowest BCUT2D eigenvalue weighted by Gasteiger charge is -2.35. The van der Waals surface area contributed by atoms with Crippen molar-refractivity contribution >= 4 is 57.8 Å². The maximum atomic E-state index is 12.9. The minimum Gasteiger partial charge on any atom is -0.372 e. The zero-order chi connectivity index (χ0) is 15.8. The molecule has 1 heterocycles. The Kier molecular flexibility index (Phi) is 5.93. The molecule has 0 N–H and O–H groups in total. The van der Waals surface area contributed by atoms with Gasteiger partial charge in [0.2, 0.25) is 10.0 Å². The Balaban J connectivity index is 2.40. The highest BCUT2D eigenvalue weighted by Gasteiger charge is 2.34. The minimum absolute atomic E-state index is 0.122. The van der Waals surface area contributed by atoms with Gasteiger partial charge in [-0.1, -0.05) is 31.9 Å². The summed E-state index contributed by atoms with van der Waals surface area (Å²) in [4.78, 5) is 0.280. The topological polar surface area (TPSA) is 46.6 Å². The van der Waals surface area contributed by atoms with E-state index in [4.69, 9.17) is 4.74 Å². The van der Waals surface area contributed by atoms with Crippen LogP contribution in [-0.2, 0) is 14.8 Å². The average molecular weight is 506 g/mol. The van der Waals surface area contributed by atoms with Gasteiger partial charge in [-0.15, -0.1) is 0 Å². The third-order valence-corrected chi connectivity index (χ3v) is 7.66. The van der Waals surface area contributed by atoms with Crippen LogP contribution in [0, 0.1) is 6.92 Å². The molecular formula is C13H16Br3NO3S. The van der Waals surface area contributed by atoms with Crippen LogP contribution in [0.15, 0.2) is 26.0 Å². The molecule has 4 nitrogen and oxygen atoms in total. The number of ether oxygens (including phenoxy) is 1. The SMILES string of the molecule is Cc1cc(Br)c(S(=O)(=O)N2CC(C)OC(CBr)C2)cc1Br. The van der Waals surface area contributed by atoms with E-state index in [0.29, 0.717) is 22.9 Å². The maximum absolute atomic E-state index is 12.9. The summed E-state index contributed by atoms with van der Waals surface area (Å²) in [7, 11) is -3.55. The van der Waals surface area contributed by atoms with Crippen LogP contribution in [0.2, 0.25) is 0 Å². The number of rotatable bonds is 3. The molecule has 21 heavy (non-hydrogen) atoms. The van der Waals surface area contributed by atoms with Gasteiger partial charge in [0.1, 0.15) is 0 Å². The van der Waals surface area contributed by atoms with E-state index in [-0.39, 0.29) is 17.1 Å². The van der Waals surface area contributed by atoms with Gasteiger partial charge in [0, 0.05) is 27.4 Å². The van der Waals surface area contributed by atoms with Crippen molar-refractivity contribution in [2.75, 3.05) is 18.4 Å². The normalized spacial score (nSPS) is 24.2. The van der Waals surface area contributed by atoms with Gasteiger partial charge in [0.15, 0.2) is 0 Å². The number of benzene rings is 1. The highest BCUT2D eigenvalue weighted by atomic mass is 79.9. The van der Waals surface area contributed by atoms with E-state index in [1.54, 1.807) is 6.07 Å². The Morgan fingerprint density at radius 2 is 1.95 bits per heavy atom. The lowest BCUT2D eigenvalue weighted by atomic mass is 10.2. The predicted molar refractivity (Wildman–Crippen MR) is 93.5 cm³/mol. The molecule has 2 rings (SSSR count). The van der Waals surface area contributed by atoms with Gasteiger partial charge in [0.05, 0.1) is 17.1 Å². The second-order valence-electron chi connectivity index (χ2n) is 5.08. The number of hydrogen-bond acceptors (Lipinski definition) is 3. The van der Waals surface area contributed by atoms with Gasteiger partial charge >= 0.3 is 0 Å². The summed E-state index contributed by atoms with van der Waals surface area (Å²) in [6.45, 7) is 4.53. The van der Waals surface area contributed by atoms with Crippen molar-refractivity contribution in [2.45, 2.75) is 31.0 Å². The minimum atomic E-state index is -3.55. The summed E-state index contributed by atoms with van der Waals surface area (Å²) in [6, 6.07) is 3.46. The van der Waals surface area contributed by atoms with Crippen LogP contribution in [0.1, 0.15) is 12.5 Å². The van der Waals surface area contributed by atoms with E-state index in [1.807, 2.05) is 19.9 Å². The van der Waals surface area contributed by atoms with Crippen LogP contribution in [0.25, 0.3) is 0 Å². The van der Waals surface area contributed by atoms with Crippen molar-refractivity contribution < 1.29 is 13.2 Å². The summed E-state index contributed by atoms with van der Waals surface area (Å²) in [6.07, 6.45) is -0.250. The lowest BCUT2D eigenvalue weighted by Crippen LogP contribution is -2.49. The molecule has 8 heteroatoms. The second kappa shape index (κ2) is 6.97. The smallest absolute Gasteiger partial charge is 0.244 e. The third-order valence-electron chi connectivity index (χ3n) is 3.30. The molecule has 1 aromatic rings. The number of morpholine rings is 1. The number of hydrogen-bond donors (Lipinski definition) is 0. The van der Waals surface area contributed by atoms with Gasteiger partial charge in [0.25, 0.3) is 0 Å². The van der Waals surface area contributed by atoms with Crippen molar-refractivity contribution in [3.05, 3.63) is 26.6 Å². The Hall–Kier alpha value is 0.530. The van der Waals surface area contributed by atoms with Gasteiger partial charge in [-0.3, -0.25) is 0 Å². The van der Waals surface area contributed by atoms with Gasteiger partial charge < -0.3 is 4.74 Å². The highest BCUT2D eigenvalue weighted by molar-refractivity contribution is 9.11. The molecule has 1 aliphatic heterocycles. The summed E-state index contributed by atoms with van der Waals surface area (Å²) >= 11 is 10.1. The van der Waals surface area contributed by atoms with Gasteiger partial charge in [-0.05, 0) is 47.5 Å². The molecule has 0 radical (unpaired) electrons. The van der Waals surface area contributed by atoms with Crippen LogP contribution in [0.3, 0.4) is 0 Å². The zero-order valence-corrected chi connectivity index (χ0v) is 17.2. The van der Waals surface area contributed by atoms with Crippen molar-refractivity contribution in [1.29, 1.82) is 0 Å². The van der Waals surface area contributed by atoms with E-state index in [2.05, 4.69) is 47.8 Å². The molecule has 1 aromatic carbocycles. The Morgan fingerprint density at radius 1 is 1.29 bits per heavy atom. The van der Waals surface area contributed by atoms with Gasteiger partial charge in [-0.2, -0.15) is 4.31 Å². The standard InChI is InChI=1S/C13H16Br3NO3S/c1-8-3-12(16)13(4-11(8)15)21(18,19)17-6-9(2)20-10(5-14)7-17/h3-4,9-10H,5-7H2,1-2H3.